The van der Waals surface area contributed by atoms with E-state index >= 15 is 0 Å². The van der Waals surface area contributed by atoms with Crippen LogP contribution < -0.4 is 41.0 Å². The average Bonchev–Trinajstić information content (AvgIpc) is 0.797. The van der Waals surface area contributed by atoms with Gasteiger partial charge in [0, 0.05) is 86.8 Å². The highest BCUT2D eigenvalue weighted by atomic mass is 19.1. The molecule has 4 heterocycles. The minimum absolute atomic E-state index is 0.00699. The molecule has 23 nitrogen and oxygen atoms in total. The first-order chi connectivity index (χ1) is 53.8. The lowest BCUT2D eigenvalue weighted by atomic mass is 9.79. The molecule has 8 aromatic rings. The summed E-state index contributed by atoms with van der Waals surface area (Å²) in [5.74, 6) is -4.93. The van der Waals surface area contributed by atoms with Crippen LogP contribution in [0.1, 0.15) is 120 Å². The van der Waals surface area contributed by atoms with Gasteiger partial charge in [0.1, 0.15) is 77.4 Å². The summed E-state index contributed by atoms with van der Waals surface area (Å²) in [5.41, 5.74) is 11.8. The number of carbonyl (C=O) groups excluding carboxylic acids is 4. The number of nitrogens with zero attached hydrogens (tertiary/aromatic N) is 4. The molecule has 0 fully saturated rings. The number of benzene rings is 6. The number of rotatable bonds is 26. The SMILES string of the molecule is CC(C)O.CN(C)c1ccc(-c2ccc(C[C@H](N)[C@@H](O)C[C@@H](Cc3ccccc3F)C(=O)N[C@H]3c4cc(F)ccc4OC[C@H]3O)cc2)cn1.CN(C)c1ccc(-c2ccc(C[C@H](NC(=O)OC(C)(C)C)[C@@H](O)C[C@@H](Cc3ccccc3F)C(=O)N[C@H]3c4cc(F)ccc4OC[C@H]3O)cc2)cn1.COC(=O)C[C@H](C(=O)O)C(C)(C)C. The second-order valence-electron chi connectivity index (χ2n) is 31.1. The maximum absolute atomic E-state index is 14.9. The van der Waals surface area contributed by atoms with E-state index in [1.165, 1.54) is 61.7 Å². The van der Waals surface area contributed by atoms with Gasteiger partial charge in [0.2, 0.25) is 11.8 Å². The van der Waals surface area contributed by atoms with Gasteiger partial charge in [-0.2, -0.15) is 0 Å². The number of halogens is 4. The first kappa shape index (κ1) is 90.6. The molecule has 6 aromatic carbocycles. The smallest absolute Gasteiger partial charge is 0.407 e. The van der Waals surface area contributed by atoms with Crippen LogP contribution >= 0.6 is 0 Å². The van der Waals surface area contributed by atoms with Gasteiger partial charge < -0.3 is 81.1 Å². The van der Waals surface area contributed by atoms with Gasteiger partial charge >= 0.3 is 18.0 Å². The second kappa shape index (κ2) is 42.0. The molecule has 2 aliphatic heterocycles. The number of anilines is 2. The average molecular weight is 1580 g/mol. The van der Waals surface area contributed by atoms with Crippen molar-refractivity contribution in [1.29, 1.82) is 0 Å². The quantitative estimate of drug-likeness (QED) is 0.0178. The molecule has 114 heavy (non-hydrogen) atoms. The van der Waals surface area contributed by atoms with E-state index in [-0.39, 0.29) is 69.0 Å². The van der Waals surface area contributed by atoms with E-state index in [1.54, 1.807) is 91.9 Å². The Bertz CT molecular complexity index is 4430. The molecular weight excluding hydrogens is 1470 g/mol. The van der Waals surface area contributed by atoms with Crippen LogP contribution in [0.5, 0.6) is 11.5 Å². The van der Waals surface area contributed by atoms with Crippen molar-refractivity contribution in [2.75, 3.05) is 58.3 Å². The Morgan fingerprint density at radius 1 is 0.570 bits per heavy atom. The van der Waals surface area contributed by atoms with Crippen LogP contribution in [0.4, 0.5) is 34.0 Å². The number of nitrogens with one attached hydrogen (secondary N) is 3. The Kier molecular flexibility index (Phi) is 33.4. The van der Waals surface area contributed by atoms with Crippen LogP contribution in [0.2, 0.25) is 0 Å². The van der Waals surface area contributed by atoms with Crippen molar-refractivity contribution in [3.8, 4) is 33.8 Å². The number of alkyl carbamates (subject to hydrolysis) is 1. The Labute approximate surface area is 663 Å². The second-order valence-corrected chi connectivity index (χ2v) is 31.1. The van der Waals surface area contributed by atoms with Crippen molar-refractivity contribution in [2.45, 2.75) is 161 Å². The van der Waals surface area contributed by atoms with Crippen molar-refractivity contribution < 1.29 is 91.1 Å². The molecule has 614 valence electrons. The number of ether oxygens (including phenoxy) is 4. The number of carbonyl (C=O) groups is 5. The van der Waals surface area contributed by atoms with Crippen LogP contribution in [-0.4, -0.2) is 167 Å². The highest BCUT2D eigenvalue weighted by Gasteiger charge is 2.39. The summed E-state index contributed by atoms with van der Waals surface area (Å²) >= 11 is 0. The maximum Gasteiger partial charge on any atom is 0.407 e. The third-order valence-corrected chi connectivity index (χ3v) is 19.0. The number of aromatic nitrogens is 2. The van der Waals surface area contributed by atoms with Crippen LogP contribution in [0.25, 0.3) is 22.3 Å². The first-order valence-electron chi connectivity index (χ1n) is 37.6. The third-order valence-electron chi connectivity index (χ3n) is 19.0. The van der Waals surface area contributed by atoms with Gasteiger partial charge in [-0.1, -0.05) is 106 Å². The summed E-state index contributed by atoms with van der Waals surface area (Å²) in [6.07, 6.45) is -1.95. The lowest BCUT2D eigenvalue weighted by molar-refractivity contribution is -0.153. The molecule has 0 unspecified atom stereocenters. The molecule has 10 rings (SSSR count). The number of carboxylic acids is 1. The lowest BCUT2D eigenvalue weighted by Gasteiger charge is -2.33. The van der Waals surface area contributed by atoms with Crippen molar-refractivity contribution in [3.63, 3.8) is 0 Å². The molecule has 2 aliphatic rings. The maximum atomic E-state index is 14.9. The topological polar surface area (TPSA) is 338 Å². The van der Waals surface area contributed by atoms with Crippen LogP contribution in [0.15, 0.2) is 170 Å². The molecule has 0 radical (unpaired) electrons. The lowest BCUT2D eigenvalue weighted by Crippen LogP contribution is -2.49. The Morgan fingerprint density at radius 2 is 0.974 bits per heavy atom. The third kappa shape index (κ3) is 27.6. The number of aliphatic hydroxyl groups is 5. The van der Waals surface area contributed by atoms with E-state index in [1.807, 2.05) is 117 Å². The molecule has 3 amide bonds. The normalized spacial score (nSPS) is 16.7. The standard InChI is InChI=1S/C40H46F2N4O6.C35H38F2N4O4.C9H16O4.C3H8O/c1-40(2,3)52-39(50)44-32(18-24-10-12-25(13-11-24)27-14-17-36(43-22-27)46(4)5)33(47)20-28(19-26-8-6-7-9-31(26)42)38(49)45-37-30-21-29(41)15-16-35(30)51-23-34(37)48;1-41(2)33-14-11-24(19-39-33)22-9-7-21(8-10-22)15-29(38)30(42)17-25(16-23-5-3-4-6-28(23)37)35(44)40-34-27-18-26(36)12-13-32(27)45-20-31(34)43;1-9(2,3)6(8(11)12)5-7(10)13-4;1-3(2)4/h6-17,21-22,28,32-34,37,47-48H,18-20,23H2,1-5H3,(H,44,50)(H,45,49);3-14,18-19,25,29-31,34,42-43H,15-17,20,38H2,1-2H3,(H,40,44);6H,5H2,1-4H3,(H,11,12);3-4H,1-2H3/t28-,32+,33+,34-,37+;25-,29+,30+,31-,34+;6-;/m111./s1. The number of nitrogens with two attached hydrogens (primary N) is 1. The molecule has 0 bridgehead atoms. The summed E-state index contributed by atoms with van der Waals surface area (Å²) in [7, 11) is 8.95. The number of pyridine rings is 2. The number of amides is 3. The van der Waals surface area contributed by atoms with Gasteiger partial charge in [-0.3, -0.25) is 19.2 Å². The van der Waals surface area contributed by atoms with Gasteiger partial charge in [0.25, 0.3) is 0 Å². The van der Waals surface area contributed by atoms with Crippen LogP contribution in [-0.2, 0) is 54.3 Å². The highest BCUT2D eigenvalue weighted by molar-refractivity contribution is 5.81. The summed E-state index contributed by atoms with van der Waals surface area (Å²) in [4.78, 5) is 75.2. The fourth-order valence-corrected chi connectivity index (χ4v) is 12.7. The van der Waals surface area contributed by atoms with Crippen molar-refractivity contribution in [3.05, 3.63) is 227 Å². The molecule has 0 aliphatic carbocycles. The molecule has 0 saturated carbocycles. The predicted octanol–water partition coefficient (Wildman–Crippen LogP) is 11.6. The van der Waals surface area contributed by atoms with E-state index in [4.69, 9.17) is 30.2 Å². The molecule has 0 saturated heterocycles. The number of methoxy groups -OCH3 is 1. The van der Waals surface area contributed by atoms with Gasteiger partial charge in [-0.05, 0) is 185 Å². The monoisotopic (exact) mass is 1580 g/mol. The van der Waals surface area contributed by atoms with E-state index < -0.39 is 130 Å². The predicted molar refractivity (Wildman–Crippen MR) is 427 cm³/mol. The minimum Gasteiger partial charge on any atom is -0.490 e. The number of carboxylic acid groups (broad SMARTS) is 1. The Hall–Kier alpha value is -10.6. The molecule has 11 N–H and O–H groups in total. The van der Waals surface area contributed by atoms with Gasteiger partial charge in [0.05, 0.1) is 49.8 Å². The van der Waals surface area contributed by atoms with E-state index in [2.05, 4.69) is 30.7 Å². The number of aliphatic carboxylic acids is 1. The van der Waals surface area contributed by atoms with Crippen molar-refractivity contribution in [1.82, 2.24) is 25.9 Å². The van der Waals surface area contributed by atoms with Gasteiger partial charge in [-0.15, -0.1) is 0 Å². The summed E-state index contributed by atoms with van der Waals surface area (Å²) in [6, 6.07) is 39.6. The van der Waals surface area contributed by atoms with Crippen molar-refractivity contribution >= 4 is 41.5 Å². The first-order valence-corrected chi connectivity index (χ1v) is 37.6. The largest absolute Gasteiger partial charge is 0.490 e. The number of hydrogen-bond acceptors (Lipinski definition) is 19. The number of fused-ring (bicyclic) bond motifs is 2. The van der Waals surface area contributed by atoms with Crippen molar-refractivity contribution in [2.24, 2.45) is 28.9 Å². The molecule has 27 heteroatoms. The number of aliphatic hydroxyl groups excluding tert-OH is 5. The van der Waals surface area contributed by atoms with E-state index in [0.717, 1.165) is 45.0 Å². The zero-order chi connectivity index (χ0) is 83.9. The van der Waals surface area contributed by atoms with Gasteiger partial charge in [-0.25, -0.2) is 32.3 Å². The summed E-state index contributed by atoms with van der Waals surface area (Å²) in [5, 5.41) is 69.6. The summed E-state index contributed by atoms with van der Waals surface area (Å²) in [6.45, 7) is 13.7. The molecule has 0 spiro atoms. The zero-order valence-corrected chi connectivity index (χ0v) is 66.7. The fourth-order valence-electron chi connectivity index (χ4n) is 12.7. The van der Waals surface area contributed by atoms with E-state index in [9.17, 15) is 62.0 Å². The summed E-state index contributed by atoms with van der Waals surface area (Å²) < 4.78 is 78.8. The Balaban J connectivity index is 0.000000264. The number of esters is 1. The highest BCUT2D eigenvalue weighted by Crippen LogP contribution is 2.37. The zero-order valence-electron chi connectivity index (χ0n) is 66.7. The van der Waals surface area contributed by atoms with Gasteiger partial charge in [0.15, 0.2) is 0 Å². The number of hydrogen-bond donors (Lipinski definition) is 10. The molecule has 11 atom stereocenters. The molecule has 2 aromatic heterocycles. The van der Waals surface area contributed by atoms with E-state index in [0.29, 0.717) is 29.0 Å². The van der Waals surface area contributed by atoms with Crippen LogP contribution in [0, 0.1) is 46.4 Å². The van der Waals surface area contributed by atoms with Crippen LogP contribution in [0.3, 0.4) is 0 Å². The Morgan fingerprint density at radius 3 is 1.34 bits per heavy atom. The minimum atomic E-state index is -1.30. The molecular formula is C87H108F4N8O15. The fraction of sp³-hybridized carbons (Fsp3) is 0.414.